The normalized spacial score (nSPS) is 10.7. The van der Waals surface area contributed by atoms with Crippen LogP contribution in [0.2, 0.25) is 5.15 Å². The van der Waals surface area contributed by atoms with Crippen molar-refractivity contribution in [2.75, 3.05) is 14.2 Å². The Bertz CT molecular complexity index is 868. The van der Waals surface area contributed by atoms with Crippen molar-refractivity contribution in [3.8, 4) is 11.5 Å². The topological polar surface area (TPSA) is 49.2 Å². The molecule has 0 radical (unpaired) electrons. The molecule has 3 rings (SSSR count). The predicted octanol–water partition coefficient (Wildman–Crippen LogP) is 4.46. The molecule has 25 heavy (non-hydrogen) atoms. The SMILES string of the molecule is COc1ccc(Sc2nnn(Cc3ccccc3)c2Cl)c(OC)c1C. The van der Waals surface area contributed by atoms with Crippen LogP contribution in [0.15, 0.2) is 52.4 Å². The average Bonchev–Trinajstić information content (AvgIpc) is 2.96. The van der Waals surface area contributed by atoms with Crippen molar-refractivity contribution < 1.29 is 9.47 Å². The van der Waals surface area contributed by atoms with Crippen LogP contribution in [0.4, 0.5) is 0 Å². The molecule has 0 fully saturated rings. The van der Waals surface area contributed by atoms with Crippen molar-refractivity contribution in [3.63, 3.8) is 0 Å². The highest BCUT2D eigenvalue weighted by atomic mass is 35.5. The van der Waals surface area contributed by atoms with Gasteiger partial charge in [0.1, 0.15) is 11.5 Å². The van der Waals surface area contributed by atoms with E-state index in [2.05, 4.69) is 10.3 Å². The second-order valence-corrected chi connectivity index (χ2v) is 6.74. The Hall–Kier alpha value is -2.18. The van der Waals surface area contributed by atoms with Crippen LogP contribution in [0.25, 0.3) is 0 Å². The van der Waals surface area contributed by atoms with Gasteiger partial charge in [0.25, 0.3) is 0 Å². The summed E-state index contributed by atoms with van der Waals surface area (Å²) >= 11 is 7.89. The number of aromatic nitrogens is 3. The van der Waals surface area contributed by atoms with Crippen molar-refractivity contribution in [1.82, 2.24) is 15.0 Å². The largest absolute Gasteiger partial charge is 0.496 e. The molecule has 0 atom stereocenters. The van der Waals surface area contributed by atoms with Gasteiger partial charge in [0, 0.05) is 5.56 Å². The summed E-state index contributed by atoms with van der Waals surface area (Å²) in [4.78, 5) is 0.912. The summed E-state index contributed by atoms with van der Waals surface area (Å²) in [5, 5.41) is 9.52. The van der Waals surface area contributed by atoms with E-state index in [1.54, 1.807) is 18.9 Å². The number of halogens is 1. The third kappa shape index (κ3) is 3.75. The van der Waals surface area contributed by atoms with Gasteiger partial charge in [-0.05, 0) is 24.6 Å². The molecule has 7 heteroatoms. The van der Waals surface area contributed by atoms with Gasteiger partial charge in [-0.2, -0.15) is 0 Å². The van der Waals surface area contributed by atoms with Gasteiger partial charge in [-0.25, -0.2) is 4.68 Å². The monoisotopic (exact) mass is 375 g/mol. The maximum absolute atomic E-state index is 6.47. The number of ether oxygens (including phenoxy) is 2. The first-order chi connectivity index (χ1) is 12.1. The molecule has 0 bridgehead atoms. The molecule has 0 aliphatic carbocycles. The molecule has 0 saturated heterocycles. The zero-order chi connectivity index (χ0) is 17.8. The molecule has 130 valence electrons. The molecule has 0 saturated carbocycles. The molecule has 5 nitrogen and oxygen atoms in total. The Morgan fingerprint density at radius 1 is 1.08 bits per heavy atom. The van der Waals surface area contributed by atoms with Crippen LogP contribution < -0.4 is 9.47 Å². The lowest BCUT2D eigenvalue weighted by molar-refractivity contribution is 0.382. The summed E-state index contributed by atoms with van der Waals surface area (Å²) in [6.45, 7) is 2.53. The van der Waals surface area contributed by atoms with E-state index in [-0.39, 0.29) is 0 Å². The number of methoxy groups -OCH3 is 2. The second kappa shape index (κ2) is 7.80. The molecule has 1 heterocycles. The van der Waals surface area contributed by atoms with Gasteiger partial charge in [-0.1, -0.05) is 58.9 Å². The Morgan fingerprint density at radius 3 is 2.52 bits per heavy atom. The lowest BCUT2D eigenvalue weighted by Crippen LogP contribution is -2.01. The van der Waals surface area contributed by atoms with Crippen molar-refractivity contribution in [2.45, 2.75) is 23.4 Å². The minimum Gasteiger partial charge on any atom is -0.496 e. The van der Waals surface area contributed by atoms with Crippen LogP contribution in [0.5, 0.6) is 11.5 Å². The first-order valence-corrected chi connectivity index (χ1v) is 8.85. The Kier molecular flexibility index (Phi) is 5.50. The predicted molar refractivity (Wildman–Crippen MR) is 99.0 cm³/mol. The maximum Gasteiger partial charge on any atom is 0.162 e. The van der Waals surface area contributed by atoms with Crippen molar-refractivity contribution in [1.29, 1.82) is 0 Å². The minimum absolute atomic E-state index is 0.504. The lowest BCUT2D eigenvalue weighted by atomic mass is 10.2. The van der Waals surface area contributed by atoms with Gasteiger partial charge in [0.15, 0.2) is 10.2 Å². The zero-order valence-electron chi connectivity index (χ0n) is 14.2. The van der Waals surface area contributed by atoms with Crippen molar-refractivity contribution in [2.24, 2.45) is 0 Å². The van der Waals surface area contributed by atoms with E-state index in [0.717, 1.165) is 27.5 Å². The third-order valence-electron chi connectivity index (χ3n) is 3.77. The van der Waals surface area contributed by atoms with Crippen LogP contribution in [-0.2, 0) is 6.54 Å². The minimum atomic E-state index is 0.504. The van der Waals surface area contributed by atoms with Gasteiger partial charge in [-0.3, -0.25) is 0 Å². The van der Waals surface area contributed by atoms with Gasteiger partial charge in [-0.15, -0.1) is 5.10 Å². The highest BCUT2D eigenvalue weighted by Gasteiger charge is 2.17. The van der Waals surface area contributed by atoms with E-state index in [4.69, 9.17) is 21.1 Å². The first-order valence-electron chi connectivity index (χ1n) is 7.66. The zero-order valence-corrected chi connectivity index (χ0v) is 15.8. The molecule has 0 unspecified atom stereocenters. The summed E-state index contributed by atoms with van der Waals surface area (Å²) in [6, 6.07) is 13.8. The summed E-state index contributed by atoms with van der Waals surface area (Å²) < 4.78 is 12.6. The third-order valence-corrected chi connectivity index (χ3v) is 5.27. The number of nitrogens with zero attached hydrogens (tertiary/aromatic N) is 3. The number of rotatable bonds is 6. The molecule has 3 aromatic rings. The highest BCUT2D eigenvalue weighted by Crippen LogP contribution is 2.41. The van der Waals surface area contributed by atoms with Gasteiger partial charge in [0.2, 0.25) is 0 Å². The molecule has 1 aromatic heterocycles. The molecule has 0 aliphatic heterocycles. The molecule has 2 aromatic carbocycles. The van der Waals surface area contributed by atoms with Gasteiger partial charge < -0.3 is 9.47 Å². The quantitative estimate of drug-likeness (QED) is 0.636. The number of benzene rings is 2. The van der Waals surface area contributed by atoms with Crippen molar-refractivity contribution >= 4 is 23.4 Å². The lowest BCUT2D eigenvalue weighted by Gasteiger charge is -2.13. The fourth-order valence-corrected chi connectivity index (χ4v) is 3.70. The molecule has 0 N–H and O–H groups in total. The fraction of sp³-hybridized carbons (Fsp3) is 0.222. The fourth-order valence-electron chi connectivity index (χ4n) is 2.51. The second-order valence-electron chi connectivity index (χ2n) is 5.35. The Labute approximate surface area is 155 Å². The standard InChI is InChI=1S/C18H18ClN3O2S/c1-12-14(23-2)9-10-15(16(12)24-3)25-18-17(19)22(21-20-18)11-13-7-5-4-6-8-13/h4-10H,11H2,1-3H3. The van der Waals surface area contributed by atoms with E-state index in [1.807, 2.05) is 49.4 Å². The molecular formula is C18H18ClN3O2S. The van der Waals surface area contributed by atoms with E-state index in [1.165, 1.54) is 11.8 Å². The van der Waals surface area contributed by atoms with E-state index >= 15 is 0 Å². The van der Waals surface area contributed by atoms with E-state index < -0.39 is 0 Å². The average molecular weight is 376 g/mol. The number of hydrogen-bond donors (Lipinski definition) is 0. The van der Waals surface area contributed by atoms with Crippen molar-refractivity contribution in [3.05, 3.63) is 58.7 Å². The Balaban J connectivity index is 1.86. The first kappa shape index (κ1) is 17.6. The van der Waals surface area contributed by atoms with Crippen LogP contribution >= 0.6 is 23.4 Å². The molecular weight excluding hydrogens is 358 g/mol. The smallest absolute Gasteiger partial charge is 0.162 e. The summed E-state index contributed by atoms with van der Waals surface area (Å²) in [5.41, 5.74) is 2.05. The highest BCUT2D eigenvalue weighted by molar-refractivity contribution is 7.99. The maximum atomic E-state index is 6.47. The van der Waals surface area contributed by atoms with Crippen LogP contribution in [0.1, 0.15) is 11.1 Å². The van der Waals surface area contributed by atoms with Crippen LogP contribution in [0, 0.1) is 6.92 Å². The van der Waals surface area contributed by atoms with Crippen LogP contribution in [-0.4, -0.2) is 29.2 Å². The summed E-state index contributed by atoms with van der Waals surface area (Å²) in [6.07, 6.45) is 0. The molecule has 0 amide bonds. The van der Waals surface area contributed by atoms with Gasteiger partial charge >= 0.3 is 0 Å². The molecule has 0 spiro atoms. The van der Waals surface area contributed by atoms with Gasteiger partial charge in [0.05, 0.1) is 25.7 Å². The van der Waals surface area contributed by atoms with E-state index in [9.17, 15) is 0 Å². The summed E-state index contributed by atoms with van der Waals surface area (Å²) in [7, 11) is 3.28. The Morgan fingerprint density at radius 2 is 1.84 bits per heavy atom. The number of hydrogen-bond acceptors (Lipinski definition) is 5. The van der Waals surface area contributed by atoms with E-state index in [0.29, 0.717) is 16.7 Å². The molecule has 0 aliphatic rings. The summed E-state index contributed by atoms with van der Waals surface area (Å²) in [5.74, 6) is 1.53. The van der Waals surface area contributed by atoms with Crippen LogP contribution in [0.3, 0.4) is 0 Å².